The molecule has 1 saturated carbocycles. The van der Waals surface area contributed by atoms with Crippen molar-refractivity contribution >= 4 is 17.3 Å². The minimum atomic E-state index is 0.368. The van der Waals surface area contributed by atoms with Gasteiger partial charge in [-0.1, -0.05) is 37.3 Å². The Labute approximate surface area is 115 Å². The average Bonchev–Trinajstić information content (AvgIpc) is 3.21. The predicted octanol–water partition coefficient (Wildman–Crippen LogP) is 2.61. The first-order valence-corrected chi connectivity index (χ1v) is 6.98. The lowest BCUT2D eigenvalue weighted by Crippen LogP contribution is -2.47. The van der Waals surface area contributed by atoms with E-state index in [4.69, 9.17) is 12.2 Å². The Balaban J connectivity index is 2.19. The van der Waals surface area contributed by atoms with Crippen molar-refractivity contribution in [2.75, 3.05) is 7.05 Å². The molecule has 1 aliphatic carbocycles. The van der Waals surface area contributed by atoms with E-state index in [-0.39, 0.29) is 0 Å². The molecule has 1 aliphatic rings. The maximum Gasteiger partial charge on any atom is 0.184 e. The maximum absolute atomic E-state index is 5.49. The number of benzene rings is 1. The molecular weight excluding hydrogens is 242 g/mol. The summed E-state index contributed by atoms with van der Waals surface area (Å²) in [5.41, 5.74) is 7.33. The summed E-state index contributed by atoms with van der Waals surface area (Å²) in [6, 6.07) is 11.6. The highest BCUT2D eigenvalue weighted by Crippen LogP contribution is 2.36. The van der Waals surface area contributed by atoms with Gasteiger partial charge in [-0.3, -0.25) is 5.43 Å². The fourth-order valence-electron chi connectivity index (χ4n) is 2.35. The van der Waals surface area contributed by atoms with E-state index < -0.39 is 0 Å². The molecule has 1 aromatic rings. The van der Waals surface area contributed by atoms with Gasteiger partial charge >= 0.3 is 0 Å². The van der Waals surface area contributed by atoms with E-state index in [1.54, 1.807) is 0 Å². The zero-order valence-corrected chi connectivity index (χ0v) is 11.8. The van der Waals surface area contributed by atoms with E-state index in [1.165, 1.54) is 18.4 Å². The van der Waals surface area contributed by atoms with Gasteiger partial charge in [0.25, 0.3) is 0 Å². The van der Waals surface area contributed by atoms with Gasteiger partial charge in [0.1, 0.15) is 0 Å². The third kappa shape index (κ3) is 3.00. The minimum Gasteiger partial charge on any atom is -0.338 e. The van der Waals surface area contributed by atoms with Crippen LogP contribution in [0.3, 0.4) is 0 Å². The highest BCUT2D eigenvalue weighted by Gasteiger charge is 2.35. The Morgan fingerprint density at radius 2 is 2.06 bits per heavy atom. The van der Waals surface area contributed by atoms with Crippen molar-refractivity contribution in [1.29, 1.82) is 0 Å². The van der Waals surface area contributed by atoms with Crippen molar-refractivity contribution in [3.8, 4) is 0 Å². The van der Waals surface area contributed by atoms with E-state index in [0.717, 1.165) is 11.5 Å². The summed E-state index contributed by atoms with van der Waals surface area (Å²) >= 11 is 5.49. The van der Waals surface area contributed by atoms with Gasteiger partial charge in [-0.05, 0) is 37.0 Å². The summed E-state index contributed by atoms with van der Waals surface area (Å²) in [5.74, 6) is 0. The largest absolute Gasteiger partial charge is 0.338 e. The second-order valence-electron chi connectivity index (χ2n) is 4.65. The normalized spacial score (nSPS) is 16.1. The molecule has 0 radical (unpaired) electrons. The summed E-state index contributed by atoms with van der Waals surface area (Å²) in [6.45, 7) is 2.22. The Hall–Kier alpha value is -1.13. The van der Waals surface area contributed by atoms with Crippen LogP contribution < -0.4 is 10.9 Å². The molecule has 1 aromatic carbocycles. The third-order valence-corrected chi connectivity index (χ3v) is 3.63. The van der Waals surface area contributed by atoms with E-state index in [2.05, 4.69) is 53.0 Å². The van der Waals surface area contributed by atoms with Crippen LogP contribution in [0.4, 0.5) is 0 Å². The smallest absolute Gasteiger partial charge is 0.184 e. The molecule has 2 N–H and O–H groups in total. The maximum atomic E-state index is 5.49. The van der Waals surface area contributed by atoms with E-state index in [9.17, 15) is 0 Å². The Bertz CT molecular complexity index is 389. The van der Waals surface area contributed by atoms with Crippen LogP contribution in [0.5, 0.6) is 0 Å². The van der Waals surface area contributed by atoms with Crippen molar-refractivity contribution in [2.45, 2.75) is 38.3 Å². The summed E-state index contributed by atoms with van der Waals surface area (Å²) < 4.78 is 0. The van der Waals surface area contributed by atoms with E-state index in [1.807, 2.05) is 7.05 Å². The number of hydrogen-bond donors (Lipinski definition) is 2. The van der Waals surface area contributed by atoms with Crippen LogP contribution >= 0.6 is 12.2 Å². The number of nitrogens with one attached hydrogen (secondary N) is 2. The molecule has 98 valence electrons. The average molecular weight is 263 g/mol. The van der Waals surface area contributed by atoms with E-state index in [0.29, 0.717) is 12.1 Å². The van der Waals surface area contributed by atoms with Crippen LogP contribution in [-0.2, 0) is 0 Å². The van der Waals surface area contributed by atoms with Crippen LogP contribution in [0, 0.1) is 0 Å². The standard InChI is InChI=1S/C14H21N3S/c1-3-13(11-7-5-4-6-8-11)17(12-9-10-12)14(18)16-15-2/h4-8,12-13,15H,3,9-10H2,1-2H3,(H,16,18). The van der Waals surface area contributed by atoms with Gasteiger partial charge in [-0.25, -0.2) is 5.43 Å². The second kappa shape index (κ2) is 6.16. The Kier molecular flexibility index (Phi) is 4.55. The molecule has 1 unspecified atom stereocenters. The van der Waals surface area contributed by atoms with Crippen LogP contribution in [0.25, 0.3) is 0 Å². The monoisotopic (exact) mass is 263 g/mol. The number of rotatable bonds is 5. The molecule has 0 amide bonds. The third-order valence-electron chi connectivity index (χ3n) is 3.31. The lowest BCUT2D eigenvalue weighted by atomic mass is 10.0. The van der Waals surface area contributed by atoms with Crippen molar-refractivity contribution < 1.29 is 0 Å². The molecule has 1 atom stereocenters. The lowest BCUT2D eigenvalue weighted by Gasteiger charge is -2.34. The first-order chi connectivity index (χ1) is 8.77. The molecule has 18 heavy (non-hydrogen) atoms. The molecule has 0 heterocycles. The van der Waals surface area contributed by atoms with Crippen molar-refractivity contribution in [3.63, 3.8) is 0 Å². The quantitative estimate of drug-likeness (QED) is 0.631. The molecule has 2 rings (SSSR count). The molecule has 0 aromatic heterocycles. The van der Waals surface area contributed by atoms with Crippen molar-refractivity contribution in [1.82, 2.24) is 15.8 Å². The van der Waals surface area contributed by atoms with Crippen LogP contribution in [-0.4, -0.2) is 23.1 Å². The minimum absolute atomic E-state index is 0.368. The zero-order chi connectivity index (χ0) is 13.0. The summed E-state index contributed by atoms with van der Waals surface area (Å²) in [6.07, 6.45) is 3.55. The van der Waals surface area contributed by atoms with Gasteiger partial charge < -0.3 is 4.90 Å². The fraction of sp³-hybridized carbons (Fsp3) is 0.500. The molecule has 0 aliphatic heterocycles. The van der Waals surface area contributed by atoms with Gasteiger partial charge in [-0.15, -0.1) is 0 Å². The van der Waals surface area contributed by atoms with Crippen LogP contribution in [0.2, 0.25) is 0 Å². The first kappa shape index (κ1) is 13.3. The van der Waals surface area contributed by atoms with Crippen LogP contribution in [0.1, 0.15) is 37.8 Å². The van der Waals surface area contributed by atoms with Gasteiger partial charge in [0.2, 0.25) is 0 Å². The molecule has 3 nitrogen and oxygen atoms in total. The lowest BCUT2D eigenvalue weighted by molar-refractivity contribution is 0.292. The number of thiocarbonyl (C=S) groups is 1. The highest BCUT2D eigenvalue weighted by molar-refractivity contribution is 7.80. The fourth-order valence-corrected chi connectivity index (χ4v) is 2.73. The SMILES string of the molecule is CCC(c1ccccc1)N(C(=S)NNC)C1CC1. The molecule has 1 fully saturated rings. The second-order valence-corrected chi connectivity index (χ2v) is 5.04. The summed E-state index contributed by atoms with van der Waals surface area (Å²) in [7, 11) is 1.85. The van der Waals surface area contributed by atoms with Crippen molar-refractivity contribution in [3.05, 3.63) is 35.9 Å². The van der Waals surface area contributed by atoms with Gasteiger partial charge in [0.05, 0.1) is 6.04 Å². The van der Waals surface area contributed by atoms with Gasteiger partial charge in [0, 0.05) is 13.1 Å². The Morgan fingerprint density at radius 3 is 2.56 bits per heavy atom. The number of hydrazine groups is 1. The molecule has 0 saturated heterocycles. The van der Waals surface area contributed by atoms with Crippen molar-refractivity contribution in [2.24, 2.45) is 0 Å². The molecule has 0 bridgehead atoms. The highest BCUT2D eigenvalue weighted by atomic mass is 32.1. The Morgan fingerprint density at radius 1 is 1.39 bits per heavy atom. The van der Waals surface area contributed by atoms with Gasteiger partial charge in [0.15, 0.2) is 5.11 Å². The zero-order valence-electron chi connectivity index (χ0n) is 11.0. The molecular formula is C14H21N3S. The van der Waals surface area contributed by atoms with E-state index >= 15 is 0 Å². The molecule has 4 heteroatoms. The summed E-state index contributed by atoms with van der Waals surface area (Å²) in [5, 5.41) is 0.802. The predicted molar refractivity (Wildman–Crippen MR) is 79.1 cm³/mol. The van der Waals surface area contributed by atoms with Gasteiger partial charge in [-0.2, -0.15) is 0 Å². The molecule has 0 spiro atoms. The first-order valence-electron chi connectivity index (χ1n) is 6.58. The number of hydrogen-bond acceptors (Lipinski definition) is 2. The van der Waals surface area contributed by atoms with Crippen LogP contribution in [0.15, 0.2) is 30.3 Å². The topological polar surface area (TPSA) is 27.3 Å². The summed E-state index contributed by atoms with van der Waals surface area (Å²) in [4.78, 5) is 2.35. The number of nitrogens with zero attached hydrogens (tertiary/aromatic N) is 1.